The van der Waals surface area contributed by atoms with Crippen LogP contribution in [0.15, 0.2) is 4.99 Å². The fourth-order valence-electron chi connectivity index (χ4n) is 4.55. The monoisotopic (exact) mass is 321 g/mol. The van der Waals surface area contributed by atoms with Gasteiger partial charge in [-0.1, -0.05) is 26.2 Å². The van der Waals surface area contributed by atoms with Crippen molar-refractivity contribution in [1.29, 1.82) is 0 Å². The van der Waals surface area contributed by atoms with Gasteiger partial charge in [0, 0.05) is 38.2 Å². The van der Waals surface area contributed by atoms with Crippen molar-refractivity contribution in [3.8, 4) is 0 Å². The molecule has 0 bridgehead atoms. The lowest BCUT2D eigenvalue weighted by atomic mass is 9.81. The summed E-state index contributed by atoms with van der Waals surface area (Å²) >= 11 is 0. The van der Waals surface area contributed by atoms with Gasteiger partial charge in [-0.2, -0.15) is 0 Å². The first-order valence-corrected chi connectivity index (χ1v) is 9.85. The Bertz CT molecular complexity index is 395. The molecule has 0 aromatic rings. The molecule has 2 aliphatic heterocycles. The average Bonchev–Trinajstić information content (AvgIpc) is 3.22. The molecule has 0 amide bonds. The van der Waals surface area contributed by atoms with Crippen LogP contribution in [0, 0.1) is 17.3 Å². The molecule has 3 fully saturated rings. The number of rotatable bonds is 4. The largest absolute Gasteiger partial charge is 0.381 e. The van der Waals surface area contributed by atoms with E-state index < -0.39 is 0 Å². The predicted molar refractivity (Wildman–Crippen MR) is 95.8 cm³/mol. The molecule has 1 spiro atoms. The number of ether oxygens (including phenoxy) is 1. The number of likely N-dealkylation sites (tertiary alicyclic amines) is 1. The number of hydrogen-bond acceptors (Lipinski definition) is 2. The summed E-state index contributed by atoms with van der Waals surface area (Å²) in [7, 11) is 0. The number of hydrogen-bond donors (Lipinski definition) is 1. The third-order valence-corrected chi connectivity index (χ3v) is 6.30. The van der Waals surface area contributed by atoms with Gasteiger partial charge in [0.05, 0.1) is 6.61 Å². The van der Waals surface area contributed by atoms with E-state index >= 15 is 0 Å². The molecule has 23 heavy (non-hydrogen) atoms. The van der Waals surface area contributed by atoms with Gasteiger partial charge in [-0.3, -0.25) is 4.99 Å². The third kappa shape index (κ3) is 4.20. The highest BCUT2D eigenvalue weighted by Gasteiger charge is 2.42. The summed E-state index contributed by atoms with van der Waals surface area (Å²) in [5.41, 5.74) is 0.412. The topological polar surface area (TPSA) is 36.9 Å². The van der Waals surface area contributed by atoms with Crippen LogP contribution in [0.4, 0.5) is 0 Å². The van der Waals surface area contributed by atoms with Gasteiger partial charge in [0.25, 0.3) is 0 Å². The second-order valence-corrected chi connectivity index (χ2v) is 7.96. The molecule has 1 aliphatic carbocycles. The van der Waals surface area contributed by atoms with Gasteiger partial charge in [0.1, 0.15) is 0 Å². The Labute approximate surface area is 142 Å². The fourth-order valence-corrected chi connectivity index (χ4v) is 4.55. The number of aliphatic imine (C=N–C) groups is 1. The molecule has 3 aliphatic rings. The zero-order valence-electron chi connectivity index (χ0n) is 15.1. The molecule has 132 valence electrons. The van der Waals surface area contributed by atoms with Crippen LogP contribution < -0.4 is 5.32 Å². The lowest BCUT2D eigenvalue weighted by molar-refractivity contribution is 0.156. The Morgan fingerprint density at radius 2 is 1.96 bits per heavy atom. The molecule has 4 heteroatoms. The Morgan fingerprint density at radius 3 is 2.61 bits per heavy atom. The van der Waals surface area contributed by atoms with Crippen LogP contribution in [0.1, 0.15) is 58.8 Å². The summed E-state index contributed by atoms with van der Waals surface area (Å²) in [5, 5.41) is 3.53. The second-order valence-electron chi connectivity index (χ2n) is 7.96. The normalized spacial score (nSPS) is 35.2. The van der Waals surface area contributed by atoms with E-state index in [1.165, 1.54) is 44.9 Å². The van der Waals surface area contributed by atoms with Crippen molar-refractivity contribution in [3.63, 3.8) is 0 Å². The van der Waals surface area contributed by atoms with E-state index in [1.54, 1.807) is 0 Å². The van der Waals surface area contributed by atoms with E-state index in [-0.39, 0.29) is 0 Å². The maximum atomic E-state index is 5.66. The van der Waals surface area contributed by atoms with Gasteiger partial charge in [-0.05, 0) is 44.4 Å². The first kappa shape index (κ1) is 17.1. The lowest BCUT2D eigenvalue weighted by Crippen LogP contribution is -2.41. The number of nitrogens with one attached hydrogen (secondary N) is 1. The van der Waals surface area contributed by atoms with Crippen molar-refractivity contribution in [2.24, 2.45) is 22.2 Å². The molecule has 0 aromatic carbocycles. The fraction of sp³-hybridized carbons (Fsp3) is 0.947. The molecule has 1 saturated carbocycles. The van der Waals surface area contributed by atoms with Crippen molar-refractivity contribution < 1.29 is 4.74 Å². The molecule has 0 radical (unpaired) electrons. The first-order chi connectivity index (χ1) is 11.2. The molecule has 2 saturated heterocycles. The standard InChI is InChI=1S/C19H35N3O/c1-3-16-5-7-17(8-6-16)13-21-18(20-4-2)22-11-9-19(14-22)10-12-23-15-19/h16-17H,3-15H2,1-2H3,(H,20,21). The molecule has 3 rings (SSSR count). The third-order valence-electron chi connectivity index (χ3n) is 6.30. The van der Waals surface area contributed by atoms with E-state index in [9.17, 15) is 0 Å². The van der Waals surface area contributed by atoms with Gasteiger partial charge >= 0.3 is 0 Å². The van der Waals surface area contributed by atoms with Crippen LogP contribution in [-0.4, -0.2) is 50.3 Å². The quantitative estimate of drug-likeness (QED) is 0.638. The Kier molecular flexibility index (Phi) is 5.84. The van der Waals surface area contributed by atoms with Gasteiger partial charge in [-0.15, -0.1) is 0 Å². The predicted octanol–water partition coefficient (Wildman–Crippen LogP) is 3.28. The Morgan fingerprint density at radius 1 is 1.17 bits per heavy atom. The summed E-state index contributed by atoms with van der Waals surface area (Å²) in [5.74, 6) is 2.93. The minimum atomic E-state index is 0.412. The highest BCUT2D eigenvalue weighted by atomic mass is 16.5. The molecular weight excluding hydrogens is 286 g/mol. The highest BCUT2D eigenvalue weighted by molar-refractivity contribution is 5.80. The molecule has 4 nitrogen and oxygen atoms in total. The maximum absolute atomic E-state index is 5.66. The SMILES string of the molecule is CCNC(=NCC1CCC(CC)CC1)N1CCC2(CCOC2)C1. The summed E-state index contributed by atoms with van der Waals surface area (Å²) in [6.45, 7) is 10.6. The van der Waals surface area contributed by atoms with Crippen molar-refractivity contribution in [2.75, 3.05) is 39.4 Å². The minimum absolute atomic E-state index is 0.412. The van der Waals surface area contributed by atoms with E-state index in [4.69, 9.17) is 9.73 Å². The van der Waals surface area contributed by atoms with Gasteiger partial charge in [-0.25, -0.2) is 0 Å². The summed E-state index contributed by atoms with van der Waals surface area (Å²) in [4.78, 5) is 7.50. The summed E-state index contributed by atoms with van der Waals surface area (Å²) in [6.07, 6.45) is 9.42. The smallest absolute Gasteiger partial charge is 0.193 e. The van der Waals surface area contributed by atoms with Crippen LogP contribution in [0.5, 0.6) is 0 Å². The molecule has 0 aromatic heterocycles. The van der Waals surface area contributed by atoms with Gasteiger partial charge in [0.2, 0.25) is 0 Å². The lowest BCUT2D eigenvalue weighted by Gasteiger charge is -2.28. The van der Waals surface area contributed by atoms with Crippen LogP contribution in [0.25, 0.3) is 0 Å². The van der Waals surface area contributed by atoms with Gasteiger partial charge in [0.15, 0.2) is 5.96 Å². The van der Waals surface area contributed by atoms with Crippen LogP contribution in [0.2, 0.25) is 0 Å². The van der Waals surface area contributed by atoms with Crippen molar-refractivity contribution in [1.82, 2.24) is 10.2 Å². The van der Waals surface area contributed by atoms with Crippen LogP contribution >= 0.6 is 0 Å². The zero-order valence-corrected chi connectivity index (χ0v) is 15.1. The molecule has 1 atom stereocenters. The first-order valence-electron chi connectivity index (χ1n) is 9.85. The van der Waals surface area contributed by atoms with E-state index in [0.717, 1.165) is 57.2 Å². The van der Waals surface area contributed by atoms with E-state index in [2.05, 4.69) is 24.1 Å². The van der Waals surface area contributed by atoms with E-state index in [1.807, 2.05) is 0 Å². The van der Waals surface area contributed by atoms with Gasteiger partial charge < -0.3 is 15.0 Å². The zero-order chi connectivity index (χ0) is 16.1. The highest BCUT2D eigenvalue weighted by Crippen LogP contribution is 2.38. The molecule has 1 unspecified atom stereocenters. The average molecular weight is 322 g/mol. The maximum Gasteiger partial charge on any atom is 0.193 e. The van der Waals surface area contributed by atoms with E-state index in [0.29, 0.717) is 5.41 Å². The molecule has 1 N–H and O–H groups in total. The van der Waals surface area contributed by atoms with Crippen LogP contribution in [0.3, 0.4) is 0 Å². The Hall–Kier alpha value is -0.770. The number of guanidine groups is 1. The number of nitrogens with zero attached hydrogens (tertiary/aromatic N) is 2. The summed E-state index contributed by atoms with van der Waals surface area (Å²) < 4.78 is 5.66. The minimum Gasteiger partial charge on any atom is -0.381 e. The summed E-state index contributed by atoms with van der Waals surface area (Å²) in [6, 6.07) is 0. The van der Waals surface area contributed by atoms with Crippen molar-refractivity contribution in [2.45, 2.75) is 58.8 Å². The van der Waals surface area contributed by atoms with Crippen molar-refractivity contribution in [3.05, 3.63) is 0 Å². The van der Waals surface area contributed by atoms with Crippen LogP contribution in [-0.2, 0) is 4.74 Å². The second kappa shape index (κ2) is 7.87. The molecule has 2 heterocycles. The molecular formula is C19H35N3O. The van der Waals surface area contributed by atoms with Crippen molar-refractivity contribution >= 4 is 5.96 Å². The Balaban J connectivity index is 1.54.